The van der Waals surface area contributed by atoms with Gasteiger partial charge in [-0.25, -0.2) is 0 Å². The second-order valence-electron chi connectivity index (χ2n) is 5.12. The third-order valence-electron chi connectivity index (χ3n) is 3.53. The zero-order chi connectivity index (χ0) is 13.7. The first-order chi connectivity index (χ1) is 9.20. The molecule has 2 heterocycles. The van der Waals surface area contributed by atoms with E-state index < -0.39 is 0 Å². The van der Waals surface area contributed by atoms with Gasteiger partial charge in [-0.1, -0.05) is 6.07 Å². The topological polar surface area (TPSA) is 71.2 Å². The Bertz CT molecular complexity index is 409. The second kappa shape index (κ2) is 6.63. The molecule has 2 atom stereocenters. The van der Waals surface area contributed by atoms with Gasteiger partial charge in [-0.2, -0.15) is 0 Å². The van der Waals surface area contributed by atoms with E-state index in [-0.39, 0.29) is 18.0 Å². The van der Waals surface area contributed by atoms with Gasteiger partial charge in [0.15, 0.2) is 0 Å². The number of pyridine rings is 1. The molecule has 1 saturated heterocycles. The van der Waals surface area contributed by atoms with Crippen LogP contribution in [-0.2, 0) is 11.3 Å². The molecule has 3 N–H and O–H groups in total. The molecule has 0 aromatic carbocycles. The van der Waals surface area contributed by atoms with Gasteiger partial charge >= 0.3 is 0 Å². The van der Waals surface area contributed by atoms with Crippen molar-refractivity contribution < 1.29 is 4.79 Å². The van der Waals surface area contributed by atoms with Crippen LogP contribution < -0.4 is 11.1 Å². The molecule has 1 aromatic heterocycles. The van der Waals surface area contributed by atoms with Crippen molar-refractivity contribution >= 4 is 5.91 Å². The van der Waals surface area contributed by atoms with Crippen molar-refractivity contribution in [3.05, 3.63) is 30.1 Å². The maximum atomic E-state index is 12.2. The zero-order valence-corrected chi connectivity index (χ0v) is 11.4. The molecule has 2 rings (SSSR count). The Morgan fingerprint density at radius 3 is 3.11 bits per heavy atom. The zero-order valence-electron chi connectivity index (χ0n) is 11.4. The van der Waals surface area contributed by atoms with E-state index in [1.807, 2.05) is 25.3 Å². The van der Waals surface area contributed by atoms with E-state index in [9.17, 15) is 4.79 Å². The minimum atomic E-state index is -0.129. The van der Waals surface area contributed by atoms with Crippen molar-refractivity contribution in [3.63, 3.8) is 0 Å². The van der Waals surface area contributed by atoms with Crippen molar-refractivity contribution in [1.29, 1.82) is 0 Å². The number of hydrogen-bond acceptors (Lipinski definition) is 4. The summed E-state index contributed by atoms with van der Waals surface area (Å²) in [4.78, 5) is 18.5. The summed E-state index contributed by atoms with van der Waals surface area (Å²) in [5.41, 5.74) is 6.78. The van der Waals surface area contributed by atoms with Gasteiger partial charge in [-0.05, 0) is 37.9 Å². The maximum absolute atomic E-state index is 12.2. The van der Waals surface area contributed by atoms with E-state index >= 15 is 0 Å². The van der Waals surface area contributed by atoms with E-state index in [0.29, 0.717) is 13.0 Å². The molecule has 1 aromatic rings. The summed E-state index contributed by atoms with van der Waals surface area (Å²) in [5, 5.41) is 3.04. The van der Waals surface area contributed by atoms with Crippen LogP contribution in [0.25, 0.3) is 0 Å². The van der Waals surface area contributed by atoms with Gasteiger partial charge in [-0.15, -0.1) is 0 Å². The lowest BCUT2D eigenvalue weighted by Gasteiger charge is -2.27. The number of amides is 1. The summed E-state index contributed by atoms with van der Waals surface area (Å²) in [5.74, 6) is 0.0966. The number of carbonyl (C=O) groups excluding carboxylic acids is 1. The monoisotopic (exact) mass is 262 g/mol. The Kier molecular flexibility index (Phi) is 4.87. The first-order valence-corrected chi connectivity index (χ1v) is 6.84. The van der Waals surface area contributed by atoms with E-state index in [2.05, 4.69) is 15.2 Å². The van der Waals surface area contributed by atoms with Crippen LogP contribution in [0.4, 0.5) is 0 Å². The number of nitrogens with zero attached hydrogens (tertiary/aromatic N) is 2. The van der Waals surface area contributed by atoms with Gasteiger partial charge in [-0.3, -0.25) is 14.7 Å². The highest BCUT2D eigenvalue weighted by Gasteiger charge is 2.29. The fourth-order valence-electron chi connectivity index (χ4n) is 2.48. The summed E-state index contributed by atoms with van der Waals surface area (Å²) in [6.07, 6.45) is 5.27. The number of hydrogen-bond donors (Lipinski definition) is 2. The Balaban J connectivity index is 2.12. The van der Waals surface area contributed by atoms with Gasteiger partial charge in [0.25, 0.3) is 0 Å². The fraction of sp³-hybridized carbons (Fsp3) is 0.571. The molecule has 19 heavy (non-hydrogen) atoms. The van der Waals surface area contributed by atoms with Crippen molar-refractivity contribution in [2.24, 2.45) is 5.73 Å². The normalized spacial score (nSPS) is 24.8. The predicted octanol–water partition coefficient (Wildman–Crippen LogP) is 0.509. The summed E-state index contributed by atoms with van der Waals surface area (Å²) < 4.78 is 0. The van der Waals surface area contributed by atoms with Crippen molar-refractivity contribution in [2.75, 3.05) is 13.1 Å². The van der Waals surface area contributed by atoms with E-state index in [4.69, 9.17) is 5.73 Å². The summed E-state index contributed by atoms with van der Waals surface area (Å²) in [6.45, 7) is 4.22. The molecular formula is C14H22N4O. The average Bonchev–Trinajstić information content (AvgIpc) is 2.53. The number of nitrogens with one attached hydrogen (secondary N) is 1. The lowest BCUT2D eigenvalue weighted by molar-refractivity contribution is -0.126. The number of rotatable bonds is 4. The van der Waals surface area contributed by atoms with Crippen LogP contribution in [-0.4, -0.2) is 41.0 Å². The van der Waals surface area contributed by atoms with Crippen LogP contribution in [0.1, 0.15) is 25.3 Å². The quantitative estimate of drug-likeness (QED) is 0.829. The van der Waals surface area contributed by atoms with Crippen LogP contribution in [0.2, 0.25) is 0 Å². The van der Waals surface area contributed by atoms with Crippen LogP contribution in [0.5, 0.6) is 0 Å². The van der Waals surface area contributed by atoms with Gasteiger partial charge in [0.1, 0.15) is 0 Å². The lowest BCUT2D eigenvalue weighted by Crippen LogP contribution is -2.45. The highest BCUT2D eigenvalue weighted by molar-refractivity contribution is 5.82. The smallest absolute Gasteiger partial charge is 0.237 e. The number of nitrogens with two attached hydrogens (primary N) is 1. The molecule has 0 bridgehead atoms. The van der Waals surface area contributed by atoms with Crippen LogP contribution in [0, 0.1) is 0 Å². The summed E-state index contributed by atoms with van der Waals surface area (Å²) in [6, 6.07) is 4.06. The summed E-state index contributed by atoms with van der Waals surface area (Å²) >= 11 is 0. The minimum Gasteiger partial charge on any atom is -0.352 e. The van der Waals surface area contributed by atoms with Gasteiger partial charge in [0, 0.05) is 31.5 Å². The number of carbonyl (C=O) groups is 1. The molecule has 1 aliphatic heterocycles. The van der Waals surface area contributed by atoms with Crippen LogP contribution in [0.3, 0.4) is 0 Å². The Morgan fingerprint density at radius 1 is 1.58 bits per heavy atom. The molecular weight excluding hydrogens is 240 g/mol. The second-order valence-corrected chi connectivity index (χ2v) is 5.12. The summed E-state index contributed by atoms with van der Waals surface area (Å²) in [7, 11) is 0. The third kappa shape index (κ3) is 3.75. The third-order valence-corrected chi connectivity index (χ3v) is 3.53. The van der Waals surface area contributed by atoms with Crippen molar-refractivity contribution in [1.82, 2.24) is 15.2 Å². The van der Waals surface area contributed by atoms with Crippen LogP contribution in [0.15, 0.2) is 24.5 Å². The molecule has 0 aliphatic carbocycles. The van der Waals surface area contributed by atoms with Gasteiger partial charge < -0.3 is 11.1 Å². The standard InChI is InChI=1S/C14H22N4O/c1-11-5-8-18(10-12-3-2-7-16-9-12)13(4-6-15)14(19)17-11/h2-3,7,9,11,13H,4-6,8,10,15H2,1H3,(H,17,19). The minimum absolute atomic E-state index is 0.0966. The Labute approximate surface area is 114 Å². The van der Waals surface area contributed by atoms with E-state index in [1.165, 1.54) is 0 Å². The maximum Gasteiger partial charge on any atom is 0.237 e. The van der Waals surface area contributed by atoms with E-state index in [1.54, 1.807) is 6.20 Å². The highest BCUT2D eigenvalue weighted by Crippen LogP contribution is 2.15. The van der Waals surface area contributed by atoms with Gasteiger partial charge in [0.2, 0.25) is 5.91 Å². The Hall–Kier alpha value is -1.46. The first-order valence-electron chi connectivity index (χ1n) is 6.84. The predicted molar refractivity (Wildman–Crippen MR) is 74.3 cm³/mol. The lowest BCUT2D eigenvalue weighted by atomic mass is 10.1. The molecule has 2 unspecified atom stereocenters. The average molecular weight is 262 g/mol. The van der Waals surface area contributed by atoms with Crippen molar-refractivity contribution in [2.45, 2.75) is 38.4 Å². The number of aromatic nitrogens is 1. The molecule has 5 heteroatoms. The largest absolute Gasteiger partial charge is 0.352 e. The SMILES string of the molecule is CC1CCN(Cc2cccnc2)C(CCN)C(=O)N1. The fourth-order valence-corrected chi connectivity index (χ4v) is 2.48. The van der Waals surface area contributed by atoms with Crippen LogP contribution >= 0.6 is 0 Å². The van der Waals surface area contributed by atoms with E-state index in [0.717, 1.165) is 25.1 Å². The molecule has 1 aliphatic rings. The first kappa shape index (κ1) is 14.0. The molecule has 1 amide bonds. The molecule has 0 spiro atoms. The molecule has 0 radical (unpaired) electrons. The highest BCUT2D eigenvalue weighted by atomic mass is 16.2. The van der Waals surface area contributed by atoms with Crippen molar-refractivity contribution in [3.8, 4) is 0 Å². The molecule has 1 fully saturated rings. The molecule has 0 saturated carbocycles. The molecule has 104 valence electrons. The van der Waals surface area contributed by atoms with Gasteiger partial charge in [0.05, 0.1) is 6.04 Å². The Morgan fingerprint density at radius 2 is 2.42 bits per heavy atom. The molecule has 5 nitrogen and oxygen atoms in total.